The maximum absolute atomic E-state index is 14.3. The number of aliphatic hydroxyl groups is 1. The minimum Gasteiger partial charge on any atom is -0.469 e. The molecule has 12 atom stereocenters. The standard InChI is InChI=1S/C47H72O15/c1-28-14-16-34-44(3,26-48)18-12-20-46(34,5)32(28)24-61-39(43(54)59-11)31(23-37(50)56-8)41(52)62-27-45(4)19-13-21-47(6)33(29(2)15-17-35(45)47)25-60-38(42(53)58-10)30(40(51)57-9)22-36(49)55-7/h30-35,38-39,48H,1-2,12-27H2,3-11H3. The fourth-order valence-corrected chi connectivity index (χ4v) is 12.1. The normalized spacial score (nSPS) is 32.7. The average molecular weight is 877 g/mol. The van der Waals surface area contributed by atoms with Crippen molar-refractivity contribution >= 4 is 35.8 Å². The molecule has 0 saturated heterocycles. The van der Waals surface area contributed by atoms with Crippen LogP contribution in [0.4, 0.5) is 0 Å². The maximum atomic E-state index is 14.3. The second-order valence-electron chi connectivity index (χ2n) is 19.2. The molecule has 4 fully saturated rings. The highest BCUT2D eigenvalue weighted by Gasteiger charge is 2.57. The van der Waals surface area contributed by atoms with Crippen molar-refractivity contribution in [1.29, 1.82) is 0 Å². The highest BCUT2D eigenvalue weighted by molar-refractivity contribution is 5.88. The molecule has 15 nitrogen and oxygen atoms in total. The van der Waals surface area contributed by atoms with E-state index in [1.807, 2.05) is 0 Å². The number of hydrogen-bond acceptors (Lipinski definition) is 15. The Hall–Kier alpha value is -3.82. The number of methoxy groups -OCH3 is 5. The van der Waals surface area contributed by atoms with Crippen LogP contribution in [0.1, 0.15) is 105 Å². The van der Waals surface area contributed by atoms with E-state index in [-0.39, 0.29) is 60.9 Å². The van der Waals surface area contributed by atoms with Crippen LogP contribution in [-0.4, -0.2) is 115 Å². The highest BCUT2D eigenvalue weighted by atomic mass is 16.6. The summed E-state index contributed by atoms with van der Waals surface area (Å²) in [7, 11) is 5.90. The third-order valence-electron chi connectivity index (χ3n) is 15.7. The third kappa shape index (κ3) is 10.6. The largest absolute Gasteiger partial charge is 0.469 e. The molecule has 0 aromatic rings. The number of fused-ring (bicyclic) bond motifs is 2. The van der Waals surface area contributed by atoms with E-state index in [9.17, 15) is 33.9 Å². The van der Waals surface area contributed by atoms with E-state index in [2.05, 4.69) is 40.9 Å². The number of ether oxygens (including phenoxy) is 8. The molecule has 0 spiro atoms. The summed E-state index contributed by atoms with van der Waals surface area (Å²) in [5, 5.41) is 10.5. The molecule has 0 aliphatic heterocycles. The lowest BCUT2D eigenvalue weighted by Gasteiger charge is -2.58. The summed E-state index contributed by atoms with van der Waals surface area (Å²) in [6, 6.07) is 0. The van der Waals surface area contributed by atoms with Crippen LogP contribution in [0, 0.1) is 57.2 Å². The van der Waals surface area contributed by atoms with Crippen molar-refractivity contribution < 1.29 is 71.8 Å². The zero-order valence-electron chi connectivity index (χ0n) is 38.5. The molecular weight excluding hydrogens is 805 g/mol. The van der Waals surface area contributed by atoms with Crippen molar-refractivity contribution in [2.24, 2.45) is 57.2 Å². The molecule has 350 valence electrons. The van der Waals surface area contributed by atoms with Gasteiger partial charge in [0.05, 0.1) is 68.2 Å². The van der Waals surface area contributed by atoms with Gasteiger partial charge in [-0.15, -0.1) is 0 Å². The smallest absolute Gasteiger partial charge is 0.335 e. The predicted molar refractivity (Wildman–Crippen MR) is 225 cm³/mol. The molecule has 0 radical (unpaired) electrons. The van der Waals surface area contributed by atoms with E-state index < -0.39 is 83.5 Å². The third-order valence-corrected chi connectivity index (χ3v) is 15.7. The lowest BCUT2D eigenvalue weighted by Crippen LogP contribution is -2.54. The zero-order valence-corrected chi connectivity index (χ0v) is 38.5. The number of hydrogen-bond donors (Lipinski definition) is 1. The molecule has 4 rings (SSSR count). The first-order chi connectivity index (χ1) is 29.2. The van der Waals surface area contributed by atoms with Gasteiger partial charge in [0.25, 0.3) is 0 Å². The van der Waals surface area contributed by atoms with Crippen molar-refractivity contribution in [3.05, 3.63) is 24.3 Å². The van der Waals surface area contributed by atoms with E-state index in [4.69, 9.17) is 37.9 Å². The van der Waals surface area contributed by atoms with Crippen LogP contribution in [0.3, 0.4) is 0 Å². The molecule has 12 unspecified atom stereocenters. The highest BCUT2D eigenvalue weighted by Crippen LogP contribution is 2.62. The first-order valence-electron chi connectivity index (χ1n) is 22.0. The minimum absolute atomic E-state index is 0.0120. The molecule has 4 aliphatic carbocycles. The van der Waals surface area contributed by atoms with Crippen molar-refractivity contribution in [3.63, 3.8) is 0 Å². The lowest BCUT2D eigenvalue weighted by molar-refractivity contribution is -0.181. The van der Waals surface area contributed by atoms with Gasteiger partial charge in [-0.25, -0.2) is 9.59 Å². The van der Waals surface area contributed by atoms with E-state index in [0.717, 1.165) is 69.6 Å². The van der Waals surface area contributed by atoms with Crippen LogP contribution >= 0.6 is 0 Å². The number of rotatable bonds is 19. The van der Waals surface area contributed by atoms with Gasteiger partial charge in [-0.2, -0.15) is 0 Å². The Balaban J connectivity index is 1.57. The van der Waals surface area contributed by atoms with Crippen molar-refractivity contribution in [2.45, 2.75) is 117 Å². The zero-order chi connectivity index (χ0) is 46.2. The van der Waals surface area contributed by atoms with E-state index in [1.165, 1.54) is 28.4 Å². The van der Waals surface area contributed by atoms with Gasteiger partial charge in [0.15, 0.2) is 12.2 Å². The van der Waals surface area contributed by atoms with E-state index in [0.29, 0.717) is 12.8 Å². The Morgan fingerprint density at radius 1 is 0.597 bits per heavy atom. The fourth-order valence-electron chi connectivity index (χ4n) is 12.1. The Morgan fingerprint density at radius 3 is 1.40 bits per heavy atom. The van der Waals surface area contributed by atoms with Crippen molar-refractivity contribution in [2.75, 3.05) is 62.0 Å². The first-order valence-corrected chi connectivity index (χ1v) is 22.0. The molecule has 0 aromatic heterocycles. The lowest BCUT2D eigenvalue weighted by atomic mass is 9.47. The summed E-state index contributed by atoms with van der Waals surface area (Å²) in [5.74, 6) is -7.72. The van der Waals surface area contributed by atoms with Gasteiger partial charge in [-0.1, -0.05) is 64.8 Å². The predicted octanol–water partition coefficient (Wildman–Crippen LogP) is 5.73. The summed E-state index contributed by atoms with van der Waals surface area (Å²) in [4.78, 5) is 78.9. The summed E-state index contributed by atoms with van der Waals surface area (Å²) >= 11 is 0. The number of aliphatic hydroxyl groups excluding tert-OH is 1. The fraction of sp³-hybridized carbons (Fsp3) is 0.787. The molecule has 4 aliphatic rings. The number of carbonyl (C=O) groups excluding carboxylic acids is 6. The SMILES string of the molecule is C=C1CCC2C(C)(CO)CCCC2(C)C1COC(C(=O)OC)C(CC(=O)OC)C(=O)OCC1(C)CCCC2(C)C(COC(C(=O)OC)C(CC(=O)OC)C(=O)OC)C(=C)CCC12. The van der Waals surface area contributed by atoms with Crippen LogP contribution in [0.25, 0.3) is 0 Å². The van der Waals surface area contributed by atoms with Crippen molar-refractivity contribution in [3.8, 4) is 0 Å². The molecule has 1 N–H and O–H groups in total. The second kappa shape index (κ2) is 21.2. The Morgan fingerprint density at radius 2 is 1.00 bits per heavy atom. The molecule has 0 heterocycles. The summed E-state index contributed by atoms with van der Waals surface area (Å²) in [6.07, 6.45) is 4.08. The summed E-state index contributed by atoms with van der Waals surface area (Å²) in [6.45, 7) is 17.4. The van der Waals surface area contributed by atoms with Gasteiger partial charge in [-0.3, -0.25) is 19.2 Å². The van der Waals surface area contributed by atoms with E-state index >= 15 is 0 Å². The molecule has 0 aromatic carbocycles. The van der Waals surface area contributed by atoms with Crippen LogP contribution < -0.4 is 0 Å². The van der Waals surface area contributed by atoms with Crippen LogP contribution in [0.2, 0.25) is 0 Å². The molecule has 0 amide bonds. The topological polar surface area (TPSA) is 196 Å². The number of carbonyl (C=O) groups is 6. The van der Waals surface area contributed by atoms with Gasteiger partial charge in [0, 0.05) is 23.9 Å². The Bertz CT molecular complexity index is 1680. The summed E-state index contributed by atoms with van der Waals surface area (Å²) in [5.41, 5.74) is 0.334. The summed E-state index contributed by atoms with van der Waals surface area (Å²) < 4.78 is 43.6. The van der Waals surface area contributed by atoms with Gasteiger partial charge in [-0.05, 0) is 79.4 Å². The van der Waals surface area contributed by atoms with Crippen LogP contribution in [0.5, 0.6) is 0 Å². The average Bonchev–Trinajstić information content (AvgIpc) is 3.25. The number of esters is 6. The second-order valence-corrected chi connectivity index (χ2v) is 19.2. The van der Waals surface area contributed by atoms with Gasteiger partial charge < -0.3 is 43.0 Å². The molecule has 4 saturated carbocycles. The Kier molecular flexibility index (Phi) is 17.4. The van der Waals surface area contributed by atoms with E-state index in [1.54, 1.807) is 0 Å². The van der Waals surface area contributed by atoms with Crippen LogP contribution in [0.15, 0.2) is 24.3 Å². The van der Waals surface area contributed by atoms with Gasteiger partial charge in [0.1, 0.15) is 11.8 Å². The molecule has 62 heavy (non-hydrogen) atoms. The maximum Gasteiger partial charge on any atom is 0.335 e. The minimum atomic E-state index is -1.48. The first kappa shape index (κ1) is 50.8. The van der Waals surface area contributed by atoms with Gasteiger partial charge in [0.2, 0.25) is 0 Å². The molecule has 0 bridgehead atoms. The van der Waals surface area contributed by atoms with Crippen molar-refractivity contribution in [1.82, 2.24) is 0 Å². The van der Waals surface area contributed by atoms with Crippen LogP contribution in [-0.2, 0) is 66.7 Å². The Labute approximate surface area is 367 Å². The molecular formula is C47H72O15. The molecule has 15 heteroatoms. The van der Waals surface area contributed by atoms with Gasteiger partial charge >= 0.3 is 35.8 Å². The quantitative estimate of drug-likeness (QED) is 0.0938. The monoisotopic (exact) mass is 876 g/mol.